The highest BCUT2D eigenvalue weighted by atomic mass is 79.9. The van der Waals surface area contributed by atoms with Crippen molar-refractivity contribution in [3.05, 3.63) is 63.6 Å². The van der Waals surface area contributed by atoms with E-state index in [4.69, 9.17) is 0 Å². The van der Waals surface area contributed by atoms with Crippen molar-refractivity contribution in [2.45, 2.75) is 20.0 Å². The number of nitrogens with zero attached hydrogens (tertiary/aromatic N) is 1. The highest BCUT2D eigenvalue weighted by Gasteiger charge is 2.00. The van der Waals surface area contributed by atoms with Crippen molar-refractivity contribution in [2.75, 3.05) is 19.4 Å². The summed E-state index contributed by atoms with van der Waals surface area (Å²) < 4.78 is 1.16. The molecule has 0 aliphatic rings. The lowest BCUT2D eigenvalue weighted by Gasteiger charge is -2.12. The molecule has 106 valence electrons. The Bertz CT molecular complexity index is 579. The third-order valence-corrected chi connectivity index (χ3v) is 4.01. The summed E-state index contributed by atoms with van der Waals surface area (Å²) in [6.45, 7) is 3.90. The lowest BCUT2D eigenvalue weighted by molar-refractivity contribution is 0.402. The Morgan fingerprint density at radius 1 is 1.05 bits per heavy atom. The second kappa shape index (κ2) is 6.91. The summed E-state index contributed by atoms with van der Waals surface area (Å²) in [4.78, 5) is 2.18. The van der Waals surface area contributed by atoms with Gasteiger partial charge in [-0.2, -0.15) is 0 Å². The summed E-state index contributed by atoms with van der Waals surface area (Å²) in [7, 11) is 4.17. The smallest absolute Gasteiger partial charge is 0.0401 e. The molecule has 0 spiro atoms. The molecular formula is C17H21BrN2. The first-order valence-corrected chi connectivity index (χ1v) is 7.56. The Morgan fingerprint density at radius 3 is 2.55 bits per heavy atom. The number of hydrogen-bond donors (Lipinski definition) is 1. The van der Waals surface area contributed by atoms with Crippen molar-refractivity contribution in [2.24, 2.45) is 0 Å². The average Bonchev–Trinajstić information content (AvgIpc) is 2.40. The minimum atomic E-state index is 0.838. The molecule has 2 rings (SSSR count). The first-order chi connectivity index (χ1) is 9.54. The number of nitrogens with one attached hydrogen (secondary N) is 1. The van der Waals surface area contributed by atoms with E-state index >= 15 is 0 Å². The van der Waals surface area contributed by atoms with Crippen molar-refractivity contribution in [1.29, 1.82) is 0 Å². The van der Waals surface area contributed by atoms with Crippen molar-refractivity contribution < 1.29 is 0 Å². The second-order valence-corrected chi connectivity index (χ2v) is 6.23. The van der Waals surface area contributed by atoms with Gasteiger partial charge in [0.1, 0.15) is 0 Å². The van der Waals surface area contributed by atoms with Crippen molar-refractivity contribution in [3.63, 3.8) is 0 Å². The molecule has 1 N–H and O–H groups in total. The van der Waals surface area contributed by atoms with E-state index in [9.17, 15) is 0 Å². The van der Waals surface area contributed by atoms with Gasteiger partial charge in [-0.1, -0.05) is 40.2 Å². The zero-order valence-corrected chi connectivity index (χ0v) is 13.9. The van der Waals surface area contributed by atoms with E-state index in [1.165, 1.54) is 22.4 Å². The normalized spacial score (nSPS) is 10.8. The fourth-order valence-corrected chi connectivity index (χ4v) is 2.52. The third-order valence-electron chi connectivity index (χ3n) is 3.16. The molecule has 2 nitrogen and oxygen atoms in total. The van der Waals surface area contributed by atoms with Crippen LogP contribution in [0, 0.1) is 6.92 Å². The topological polar surface area (TPSA) is 15.3 Å². The van der Waals surface area contributed by atoms with E-state index in [0.717, 1.165) is 17.6 Å². The molecule has 2 aromatic rings. The molecule has 0 unspecified atom stereocenters. The first-order valence-electron chi connectivity index (χ1n) is 6.77. The van der Waals surface area contributed by atoms with E-state index in [1.807, 2.05) is 0 Å². The monoisotopic (exact) mass is 332 g/mol. The number of anilines is 1. The molecule has 0 bridgehead atoms. The average molecular weight is 333 g/mol. The van der Waals surface area contributed by atoms with Gasteiger partial charge in [-0.15, -0.1) is 0 Å². The molecule has 0 atom stereocenters. The van der Waals surface area contributed by atoms with Gasteiger partial charge in [0, 0.05) is 23.2 Å². The predicted molar refractivity (Wildman–Crippen MR) is 90.0 cm³/mol. The van der Waals surface area contributed by atoms with Crippen LogP contribution >= 0.6 is 15.9 Å². The second-order valence-electron chi connectivity index (χ2n) is 5.38. The third kappa shape index (κ3) is 4.36. The predicted octanol–water partition coefficient (Wildman–Crippen LogP) is 4.43. The summed E-state index contributed by atoms with van der Waals surface area (Å²) in [6.07, 6.45) is 0. The van der Waals surface area contributed by atoms with Gasteiger partial charge in [-0.3, -0.25) is 0 Å². The van der Waals surface area contributed by atoms with Crippen LogP contribution in [0.4, 0.5) is 5.69 Å². The first kappa shape index (κ1) is 15.1. The van der Waals surface area contributed by atoms with Gasteiger partial charge in [0.25, 0.3) is 0 Å². The number of aryl methyl sites for hydroxylation is 1. The summed E-state index contributed by atoms with van der Waals surface area (Å²) in [5.74, 6) is 0. The van der Waals surface area contributed by atoms with Gasteiger partial charge in [0.05, 0.1) is 0 Å². The van der Waals surface area contributed by atoms with Gasteiger partial charge in [-0.25, -0.2) is 0 Å². The fraction of sp³-hybridized carbons (Fsp3) is 0.294. The van der Waals surface area contributed by atoms with Crippen LogP contribution in [0.15, 0.2) is 46.9 Å². The van der Waals surface area contributed by atoms with Gasteiger partial charge in [0.15, 0.2) is 0 Å². The van der Waals surface area contributed by atoms with Crippen LogP contribution in [0.2, 0.25) is 0 Å². The molecule has 0 fully saturated rings. The SMILES string of the molecule is Cc1ccc(CNc2cccc(CN(C)C)c2)cc1Br. The van der Waals surface area contributed by atoms with E-state index < -0.39 is 0 Å². The largest absolute Gasteiger partial charge is 0.381 e. The molecule has 0 saturated heterocycles. The highest BCUT2D eigenvalue weighted by Crippen LogP contribution is 2.19. The minimum absolute atomic E-state index is 0.838. The van der Waals surface area contributed by atoms with E-state index in [-0.39, 0.29) is 0 Å². The van der Waals surface area contributed by atoms with Crippen LogP contribution in [0.1, 0.15) is 16.7 Å². The quantitative estimate of drug-likeness (QED) is 0.871. The molecule has 2 aromatic carbocycles. The Hall–Kier alpha value is -1.32. The Kier molecular flexibility index (Phi) is 5.21. The Morgan fingerprint density at radius 2 is 1.85 bits per heavy atom. The Balaban J connectivity index is 2.01. The highest BCUT2D eigenvalue weighted by molar-refractivity contribution is 9.10. The summed E-state index contributed by atoms with van der Waals surface area (Å²) >= 11 is 3.58. The maximum absolute atomic E-state index is 3.58. The van der Waals surface area contributed by atoms with E-state index in [1.54, 1.807) is 0 Å². The molecule has 0 aromatic heterocycles. The lowest BCUT2D eigenvalue weighted by atomic mass is 10.1. The summed E-state index contributed by atoms with van der Waals surface area (Å²) in [5, 5.41) is 3.48. The zero-order valence-electron chi connectivity index (χ0n) is 12.3. The number of rotatable bonds is 5. The van der Waals surface area contributed by atoms with E-state index in [2.05, 4.69) is 89.6 Å². The van der Waals surface area contributed by atoms with Crippen LogP contribution in [-0.2, 0) is 13.1 Å². The maximum Gasteiger partial charge on any atom is 0.0401 e. The van der Waals surface area contributed by atoms with Crippen LogP contribution in [0.25, 0.3) is 0 Å². The Labute approximate surface area is 129 Å². The maximum atomic E-state index is 3.58. The zero-order chi connectivity index (χ0) is 14.5. The molecular weight excluding hydrogens is 312 g/mol. The molecule has 0 amide bonds. The van der Waals surface area contributed by atoms with Crippen LogP contribution in [0.5, 0.6) is 0 Å². The lowest BCUT2D eigenvalue weighted by Crippen LogP contribution is -2.10. The molecule has 0 aliphatic heterocycles. The van der Waals surface area contributed by atoms with Crippen LogP contribution in [0.3, 0.4) is 0 Å². The number of hydrogen-bond acceptors (Lipinski definition) is 2. The van der Waals surface area contributed by atoms with Crippen LogP contribution in [-0.4, -0.2) is 19.0 Å². The standard InChI is InChI=1S/C17H21BrN2/c1-13-7-8-14(10-17(13)18)11-19-16-6-4-5-15(9-16)12-20(2)3/h4-10,19H,11-12H2,1-3H3. The molecule has 20 heavy (non-hydrogen) atoms. The van der Waals surface area contributed by atoms with Crippen molar-refractivity contribution >= 4 is 21.6 Å². The molecule has 0 aliphatic carbocycles. The van der Waals surface area contributed by atoms with Gasteiger partial charge in [0.2, 0.25) is 0 Å². The summed E-state index contributed by atoms with van der Waals surface area (Å²) in [5.41, 5.74) is 5.04. The minimum Gasteiger partial charge on any atom is -0.381 e. The fourth-order valence-electron chi connectivity index (χ4n) is 2.10. The van der Waals surface area contributed by atoms with Gasteiger partial charge in [-0.05, 0) is 55.9 Å². The summed E-state index contributed by atoms with van der Waals surface area (Å²) in [6, 6.07) is 15.1. The molecule has 0 saturated carbocycles. The van der Waals surface area contributed by atoms with Gasteiger partial charge >= 0.3 is 0 Å². The number of benzene rings is 2. The van der Waals surface area contributed by atoms with Crippen LogP contribution < -0.4 is 5.32 Å². The molecule has 3 heteroatoms. The number of halogens is 1. The molecule has 0 radical (unpaired) electrons. The van der Waals surface area contributed by atoms with E-state index in [0.29, 0.717) is 0 Å². The molecule has 0 heterocycles. The van der Waals surface area contributed by atoms with Gasteiger partial charge < -0.3 is 10.2 Å². The van der Waals surface area contributed by atoms with Crippen molar-refractivity contribution in [3.8, 4) is 0 Å². The van der Waals surface area contributed by atoms with Crippen molar-refractivity contribution in [1.82, 2.24) is 4.90 Å².